The fourth-order valence-electron chi connectivity index (χ4n) is 3.11. The van der Waals surface area contributed by atoms with Gasteiger partial charge >= 0.3 is 6.09 Å². The molecule has 30 heavy (non-hydrogen) atoms. The standard InChI is InChI=1S/C21H33N3O5S/c1-15(2)23(6)30(27,28)17-11-9-16(10-12-17)14-22-19(25)18-8-7-13-24(18)20(26)29-21(3,4)5/h9-12,15,18H,7-8,13-14H2,1-6H3,(H,22,25)/t18-/m0/s1. The minimum absolute atomic E-state index is 0.145. The molecule has 2 rings (SSSR count). The Morgan fingerprint density at radius 2 is 1.83 bits per heavy atom. The SMILES string of the molecule is CC(C)N(C)S(=O)(=O)c1ccc(CNC(=O)[C@@H]2CCCN2C(=O)OC(C)(C)C)cc1. The van der Waals surface area contributed by atoms with Crippen molar-refractivity contribution in [3.05, 3.63) is 29.8 Å². The highest BCUT2D eigenvalue weighted by Gasteiger charge is 2.36. The van der Waals surface area contributed by atoms with E-state index in [0.29, 0.717) is 13.0 Å². The third-order valence-corrected chi connectivity index (χ3v) is 7.03. The number of nitrogens with one attached hydrogen (secondary N) is 1. The number of carbonyl (C=O) groups is 2. The summed E-state index contributed by atoms with van der Waals surface area (Å²) in [6.45, 7) is 9.73. The third kappa shape index (κ3) is 5.95. The summed E-state index contributed by atoms with van der Waals surface area (Å²) in [5.41, 5.74) is 0.156. The van der Waals surface area contributed by atoms with Crippen LogP contribution >= 0.6 is 0 Å². The van der Waals surface area contributed by atoms with Crippen molar-refractivity contribution >= 4 is 22.0 Å². The second-order valence-corrected chi connectivity index (χ2v) is 10.8. The van der Waals surface area contributed by atoms with E-state index < -0.39 is 27.8 Å². The lowest BCUT2D eigenvalue weighted by Gasteiger charge is -2.28. The molecule has 0 bridgehead atoms. The maximum absolute atomic E-state index is 12.6. The summed E-state index contributed by atoms with van der Waals surface area (Å²) in [7, 11) is -2.00. The molecule has 9 heteroatoms. The molecule has 1 aliphatic heterocycles. The van der Waals surface area contributed by atoms with E-state index >= 15 is 0 Å². The number of hydrogen-bond donors (Lipinski definition) is 1. The molecule has 1 aromatic carbocycles. The molecule has 1 aromatic rings. The zero-order valence-electron chi connectivity index (χ0n) is 18.6. The van der Waals surface area contributed by atoms with Crippen LogP contribution in [-0.4, -0.2) is 60.9 Å². The van der Waals surface area contributed by atoms with E-state index in [1.807, 2.05) is 13.8 Å². The van der Waals surface area contributed by atoms with Crippen LogP contribution in [0.15, 0.2) is 29.2 Å². The van der Waals surface area contributed by atoms with Gasteiger partial charge in [0, 0.05) is 26.2 Å². The summed E-state index contributed by atoms with van der Waals surface area (Å²) >= 11 is 0. The summed E-state index contributed by atoms with van der Waals surface area (Å²) in [4.78, 5) is 26.7. The number of likely N-dealkylation sites (tertiary alicyclic amines) is 1. The Bertz CT molecular complexity index is 860. The smallest absolute Gasteiger partial charge is 0.410 e. The van der Waals surface area contributed by atoms with E-state index in [4.69, 9.17) is 4.74 Å². The van der Waals surface area contributed by atoms with Crippen molar-refractivity contribution < 1.29 is 22.7 Å². The minimum atomic E-state index is -3.54. The first kappa shape index (κ1) is 24.1. The van der Waals surface area contributed by atoms with Gasteiger partial charge in [0.1, 0.15) is 11.6 Å². The van der Waals surface area contributed by atoms with Gasteiger partial charge in [0.05, 0.1) is 4.90 Å². The molecule has 1 fully saturated rings. The summed E-state index contributed by atoms with van der Waals surface area (Å²) in [6.07, 6.45) is 0.848. The Kier molecular flexibility index (Phi) is 7.52. The molecule has 0 aliphatic carbocycles. The zero-order chi connectivity index (χ0) is 22.7. The maximum atomic E-state index is 12.6. The van der Waals surface area contributed by atoms with Gasteiger partial charge in [-0.25, -0.2) is 13.2 Å². The van der Waals surface area contributed by atoms with Crippen LogP contribution in [0.25, 0.3) is 0 Å². The van der Waals surface area contributed by atoms with Crippen LogP contribution in [-0.2, 0) is 26.1 Å². The lowest BCUT2D eigenvalue weighted by Crippen LogP contribution is -2.47. The van der Waals surface area contributed by atoms with Crippen molar-refractivity contribution in [2.24, 2.45) is 0 Å². The minimum Gasteiger partial charge on any atom is -0.444 e. The van der Waals surface area contributed by atoms with Crippen LogP contribution in [0, 0.1) is 0 Å². The topological polar surface area (TPSA) is 96.0 Å². The number of benzene rings is 1. The molecule has 0 saturated carbocycles. The van der Waals surface area contributed by atoms with Gasteiger partial charge in [-0.1, -0.05) is 12.1 Å². The first-order chi connectivity index (χ1) is 13.8. The Labute approximate surface area is 179 Å². The second-order valence-electron chi connectivity index (χ2n) is 8.81. The number of amides is 2. The molecule has 1 aliphatic rings. The van der Waals surface area contributed by atoms with Gasteiger partial charge in [0.15, 0.2) is 0 Å². The second kappa shape index (κ2) is 9.34. The molecular formula is C21H33N3O5S. The average molecular weight is 440 g/mol. The summed E-state index contributed by atoms with van der Waals surface area (Å²) in [5, 5.41) is 2.84. The van der Waals surface area contributed by atoms with Gasteiger partial charge < -0.3 is 10.1 Å². The first-order valence-electron chi connectivity index (χ1n) is 10.2. The van der Waals surface area contributed by atoms with Crippen LogP contribution in [0.4, 0.5) is 4.79 Å². The van der Waals surface area contributed by atoms with Gasteiger partial charge in [-0.2, -0.15) is 4.31 Å². The first-order valence-corrected chi connectivity index (χ1v) is 11.6. The molecular weight excluding hydrogens is 406 g/mol. The van der Waals surface area contributed by atoms with E-state index in [1.54, 1.807) is 40.0 Å². The van der Waals surface area contributed by atoms with Gasteiger partial charge in [-0.3, -0.25) is 9.69 Å². The fraction of sp³-hybridized carbons (Fsp3) is 0.619. The molecule has 1 atom stereocenters. The van der Waals surface area contributed by atoms with E-state index in [2.05, 4.69) is 5.32 Å². The van der Waals surface area contributed by atoms with Crippen molar-refractivity contribution in [3.8, 4) is 0 Å². The van der Waals surface area contributed by atoms with Crippen molar-refractivity contribution in [1.82, 2.24) is 14.5 Å². The van der Waals surface area contributed by atoms with Gasteiger partial charge in [0.2, 0.25) is 15.9 Å². The van der Waals surface area contributed by atoms with Gasteiger partial charge in [0.25, 0.3) is 0 Å². The number of sulfonamides is 1. The predicted octanol–water partition coefficient (Wildman–Crippen LogP) is 2.73. The summed E-state index contributed by atoms with van der Waals surface area (Å²) < 4.78 is 31.8. The Balaban J connectivity index is 1.98. The third-order valence-electron chi connectivity index (χ3n) is 4.98. The van der Waals surface area contributed by atoms with Crippen LogP contribution in [0.3, 0.4) is 0 Å². The Hall–Kier alpha value is -2.13. The van der Waals surface area contributed by atoms with Crippen molar-refractivity contribution in [2.45, 2.75) is 76.6 Å². The van der Waals surface area contributed by atoms with Crippen LogP contribution in [0.2, 0.25) is 0 Å². The molecule has 1 heterocycles. The fourth-order valence-corrected chi connectivity index (χ4v) is 4.48. The number of hydrogen-bond acceptors (Lipinski definition) is 5. The molecule has 0 radical (unpaired) electrons. The van der Waals surface area contributed by atoms with Crippen molar-refractivity contribution in [2.75, 3.05) is 13.6 Å². The number of ether oxygens (including phenoxy) is 1. The monoisotopic (exact) mass is 439 g/mol. The van der Waals surface area contributed by atoms with Gasteiger partial charge in [-0.15, -0.1) is 0 Å². The molecule has 2 amide bonds. The van der Waals surface area contributed by atoms with E-state index in [9.17, 15) is 18.0 Å². The van der Waals surface area contributed by atoms with Crippen LogP contribution < -0.4 is 5.32 Å². The van der Waals surface area contributed by atoms with Crippen LogP contribution in [0.1, 0.15) is 53.0 Å². The van der Waals surface area contributed by atoms with Gasteiger partial charge in [-0.05, 0) is 65.2 Å². The number of rotatable bonds is 6. The molecule has 0 unspecified atom stereocenters. The highest BCUT2D eigenvalue weighted by atomic mass is 32.2. The highest BCUT2D eigenvalue weighted by Crippen LogP contribution is 2.21. The van der Waals surface area contributed by atoms with E-state index in [-0.39, 0.29) is 23.4 Å². The molecule has 1 N–H and O–H groups in total. The Morgan fingerprint density at radius 3 is 2.37 bits per heavy atom. The largest absolute Gasteiger partial charge is 0.444 e. The Morgan fingerprint density at radius 1 is 1.23 bits per heavy atom. The normalized spacial score (nSPS) is 17.5. The lowest BCUT2D eigenvalue weighted by molar-refractivity contribution is -0.125. The lowest BCUT2D eigenvalue weighted by atomic mass is 10.2. The van der Waals surface area contributed by atoms with E-state index in [1.165, 1.54) is 21.3 Å². The summed E-state index contributed by atoms with van der Waals surface area (Å²) in [6, 6.07) is 5.74. The van der Waals surface area contributed by atoms with Crippen molar-refractivity contribution in [3.63, 3.8) is 0 Å². The molecule has 168 valence electrons. The predicted molar refractivity (Wildman–Crippen MR) is 114 cm³/mol. The zero-order valence-corrected chi connectivity index (χ0v) is 19.5. The number of nitrogens with zero attached hydrogens (tertiary/aromatic N) is 2. The maximum Gasteiger partial charge on any atom is 0.410 e. The molecule has 8 nitrogen and oxygen atoms in total. The number of carbonyl (C=O) groups excluding carboxylic acids is 2. The molecule has 1 saturated heterocycles. The molecule has 0 aromatic heterocycles. The molecule has 0 spiro atoms. The van der Waals surface area contributed by atoms with E-state index in [0.717, 1.165) is 12.0 Å². The average Bonchev–Trinajstić information content (AvgIpc) is 3.14. The van der Waals surface area contributed by atoms with Crippen LogP contribution in [0.5, 0.6) is 0 Å². The quantitative estimate of drug-likeness (QED) is 0.735. The van der Waals surface area contributed by atoms with Crippen molar-refractivity contribution in [1.29, 1.82) is 0 Å². The highest BCUT2D eigenvalue weighted by molar-refractivity contribution is 7.89. The summed E-state index contributed by atoms with van der Waals surface area (Å²) in [5.74, 6) is -0.241.